The third-order valence-corrected chi connectivity index (χ3v) is 17.7. The second-order valence-corrected chi connectivity index (χ2v) is 22.7. The van der Waals surface area contributed by atoms with Crippen molar-refractivity contribution < 1.29 is 37.1 Å². The molecule has 2 saturated heterocycles. The molecule has 1 spiro atoms. The van der Waals surface area contributed by atoms with Crippen LogP contribution in [-0.4, -0.2) is 83.1 Å². The van der Waals surface area contributed by atoms with Crippen molar-refractivity contribution in [2.24, 2.45) is 11.3 Å². The summed E-state index contributed by atoms with van der Waals surface area (Å²) in [6.07, 6.45) is 14.5. The number of hydrogen-bond acceptors (Lipinski definition) is 12. The largest absolute Gasteiger partial charge is 0.489 e. The number of amides is 1. The molecule has 3 aliphatic heterocycles. The highest BCUT2D eigenvalue weighted by atomic mass is 32.2. The molecule has 3 aliphatic carbocycles. The Balaban J connectivity index is 0.807. The molecule has 1 amide bonds. The molecule has 0 radical (unpaired) electrons. The second-order valence-electron chi connectivity index (χ2n) is 21.0. The summed E-state index contributed by atoms with van der Waals surface area (Å²) in [5.74, 6) is -1.35. The third kappa shape index (κ3) is 8.33. The van der Waals surface area contributed by atoms with Gasteiger partial charge in [0.05, 0.1) is 38.6 Å². The topological polar surface area (TPSA) is 192 Å². The first-order valence-electron chi connectivity index (χ1n) is 24.1. The molecule has 5 heterocycles. The Bertz CT molecular complexity index is 2910. The van der Waals surface area contributed by atoms with Gasteiger partial charge in [-0.3, -0.25) is 19.8 Å². The maximum absolute atomic E-state index is 14.7. The van der Waals surface area contributed by atoms with E-state index in [4.69, 9.17) is 9.47 Å². The molecule has 11 rings (SSSR count). The quantitative estimate of drug-likeness (QED) is 0.0726. The average molecular weight is 948 g/mol. The number of pyridine rings is 1. The van der Waals surface area contributed by atoms with Gasteiger partial charge < -0.3 is 29.8 Å². The van der Waals surface area contributed by atoms with Crippen LogP contribution in [0.5, 0.6) is 17.2 Å². The number of anilines is 2. The van der Waals surface area contributed by atoms with Crippen LogP contribution in [-0.2, 0) is 15.4 Å². The Hall–Kier alpha value is -5.78. The van der Waals surface area contributed by atoms with E-state index in [2.05, 4.69) is 61.0 Å². The highest BCUT2D eigenvalue weighted by molar-refractivity contribution is 7.90. The summed E-state index contributed by atoms with van der Waals surface area (Å²) in [4.78, 5) is 37.4. The number of aliphatic hydroxyl groups is 1. The number of halogens is 1. The predicted octanol–water partition coefficient (Wildman–Crippen LogP) is 9.27. The number of aromatic nitrogens is 2. The first-order chi connectivity index (χ1) is 32.6. The molecule has 68 heavy (non-hydrogen) atoms. The van der Waals surface area contributed by atoms with Crippen molar-refractivity contribution in [2.75, 3.05) is 36.5 Å². The summed E-state index contributed by atoms with van der Waals surface area (Å²) in [6, 6.07) is 18.4. The first kappa shape index (κ1) is 44.7. The number of nitrogens with one attached hydrogen (secondary N) is 3. The Morgan fingerprint density at radius 3 is 2.51 bits per heavy atom. The lowest BCUT2D eigenvalue weighted by atomic mass is 9.59. The van der Waals surface area contributed by atoms with Crippen molar-refractivity contribution in [3.8, 4) is 17.2 Å². The van der Waals surface area contributed by atoms with Gasteiger partial charge in [-0.25, -0.2) is 22.5 Å². The first-order valence-corrected chi connectivity index (χ1v) is 25.6. The number of aromatic amines is 1. The normalized spacial score (nSPS) is 25.5. The van der Waals surface area contributed by atoms with Gasteiger partial charge in [0, 0.05) is 55.3 Å². The fourth-order valence-electron chi connectivity index (χ4n) is 12.0. The van der Waals surface area contributed by atoms with Crippen LogP contribution in [0.2, 0.25) is 0 Å². The minimum atomic E-state index is -4.71. The van der Waals surface area contributed by atoms with Crippen LogP contribution in [0.3, 0.4) is 0 Å². The molecule has 5 fully saturated rings. The number of nitro groups is 1. The van der Waals surface area contributed by atoms with Crippen molar-refractivity contribution in [2.45, 2.75) is 125 Å². The zero-order valence-electron chi connectivity index (χ0n) is 38.4. The molecular weight excluding hydrogens is 890 g/mol. The van der Waals surface area contributed by atoms with E-state index >= 15 is 0 Å². The lowest BCUT2D eigenvalue weighted by molar-refractivity contribution is -0.384. The summed E-state index contributed by atoms with van der Waals surface area (Å²) >= 11 is 0. The molecule has 0 bridgehead atoms. The number of benzene rings is 3. The highest BCUT2D eigenvalue weighted by Gasteiger charge is 2.51. The maximum Gasteiger partial charge on any atom is 0.297 e. The second kappa shape index (κ2) is 16.7. The van der Waals surface area contributed by atoms with Crippen LogP contribution < -0.4 is 24.4 Å². The number of nitro benzene ring substituents is 1. The zero-order chi connectivity index (χ0) is 47.2. The van der Waals surface area contributed by atoms with Crippen LogP contribution in [0, 0.1) is 27.3 Å². The van der Waals surface area contributed by atoms with Crippen LogP contribution in [0.4, 0.5) is 21.5 Å². The summed E-state index contributed by atoms with van der Waals surface area (Å²) in [7, 11) is -4.71. The fraction of sp³-hybridized carbons (Fsp3) is 0.490. The smallest absolute Gasteiger partial charge is 0.297 e. The number of ether oxygens (including phenoxy) is 2. The van der Waals surface area contributed by atoms with E-state index in [0.717, 1.165) is 44.2 Å². The SMILES string of the molecule is CC1(O)CCC([C@H]2COc3cc(S(=O)(=O)NC(=O)c4ccc(N5CCC6(CC5)CC(N5CCC[C@H]5c5ccccc5C5(C)CC5)C6)cc4Oc4cnc5[nH]cc(F)c5c4)cc([N+](=O)[O-])c3N2)CC1. The van der Waals surface area contributed by atoms with Gasteiger partial charge >= 0.3 is 0 Å². The van der Waals surface area contributed by atoms with Gasteiger partial charge in [-0.15, -0.1) is 0 Å². The molecule has 358 valence electrons. The number of rotatable bonds is 11. The number of hydrogen-bond donors (Lipinski definition) is 4. The number of fused-ring (bicyclic) bond motifs is 2. The molecule has 5 aromatic rings. The van der Waals surface area contributed by atoms with Gasteiger partial charge in [0.2, 0.25) is 0 Å². The van der Waals surface area contributed by atoms with Gasteiger partial charge in [-0.1, -0.05) is 31.2 Å². The van der Waals surface area contributed by atoms with Gasteiger partial charge in [-0.05, 0) is 137 Å². The van der Waals surface area contributed by atoms with Crippen LogP contribution in [0.15, 0.2) is 78.0 Å². The Morgan fingerprint density at radius 2 is 1.76 bits per heavy atom. The predicted molar refractivity (Wildman–Crippen MR) is 254 cm³/mol. The lowest BCUT2D eigenvalue weighted by Crippen LogP contribution is -2.55. The molecule has 3 saturated carbocycles. The number of nitrogens with zero attached hydrogens (tertiary/aromatic N) is 4. The highest BCUT2D eigenvalue weighted by Crippen LogP contribution is 2.56. The maximum atomic E-state index is 14.7. The Labute approximate surface area is 395 Å². The number of H-pyrrole nitrogens is 1. The van der Waals surface area contributed by atoms with E-state index in [0.29, 0.717) is 48.8 Å². The number of carbonyl (C=O) groups is 1. The van der Waals surface area contributed by atoms with Crippen molar-refractivity contribution >= 4 is 44.0 Å². The van der Waals surface area contributed by atoms with Gasteiger partial charge in [0.1, 0.15) is 29.6 Å². The number of likely N-dealkylation sites (tertiary alicyclic amines) is 1. The summed E-state index contributed by atoms with van der Waals surface area (Å²) < 4.78 is 57.0. The van der Waals surface area contributed by atoms with E-state index in [9.17, 15) is 32.8 Å². The van der Waals surface area contributed by atoms with Crippen molar-refractivity contribution in [3.05, 3.63) is 106 Å². The number of piperidine rings is 1. The van der Waals surface area contributed by atoms with E-state index < -0.39 is 42.9 Å². The van der Waals surface area contributed by atoms with Crippen LogP contribution >= 0.6 is 0 Å². The van der Waals surface area contributed by atoms with Crippen molar-refractivity contribution in [1.29, 1.82) is 0 Å². The molecule has 17 heteroatoms. The minimum Gasteiger partial charge on any atom is -0.489 e. The van der Waals surface area contributed by atoms with Crippen LogP contribution in [0.1, 0.15) is 118 Å². The molecule has 15 nitrogen and oxygen atoms in total. The van der Waals surface area contributed by atoms with Gasteiger partial charge in [-0.2, -0.15) is 0 Å². The molecular formula is C51H58FN7O8S. The summed E-state index contributed by atoms with van der Waals surface area (Å²) in [5, 5.41) is 26.2. The Morgan fingerprint density at radius 1 is 1.00 bits per heavy atom. The third-order valence-electron chi connectivity index (χ3n) is 16.4. The average Bonchev–Trinajstić information content (AvgIpc) is 3.69. The summed E-state index contributed by atoms with van der Waals surface area (Å²) in [5.41, 5.74) is 3.40. The minimum absolute atomic E-state index is 0.0237. The monoisotopic (exact) mass is 947 g/mol. The molecule has 0 unspecified atom stereocenters. The molecule has 3 aromatic carbocycles. The van der Waals surface area contributed by atoms with Gasteiger partial charge in [0.15, 0.2) is 11.4 Å². The molecule has 2 aromatic heterocycles. The van der Waals surface area contributed by atoms with Crippen molar-refractivity contribution in [3.63, 3.8) is 0 Å². The van der Waals surface area contributed by atoms with Gasteiger partial charge in [0.25, 0.3) is 21.6 Å². The van der Waals surface area contributed by atoms with E-state index in [1.165, 1.54) is 80.2 Å². The van der Waals surface area contributed by atoms with Crippen LogP contribution in [0.25, 0.3) is 11.0 Å². The zero-order valence-corrected chi connectivity index (χ0v) is 39.2. The lowest BCUT2D eigenvalue weighted by Gasteiger charge is -2.56. The standard InChI is InChI=1S/C51H58FN7O8S/c1-49(15-16-49)39-7-4-3-6-36(39)42-8-5-19-58(42)33-26-51(27-33)17-20-57(21-18-51)32-9-10-37(44(22-32)67-34-23-38-40(52)29-54-47(38)53-28-34)48(60)56-68(64,65)35-24-43(59(62)63)46-45(25-35)66-30-41(55-46)31-11-13-50(2,61)14-12-31/h3-4,6-7,9-10,22-25,28-29,31,33,41-42,55,61H,5,8,11-21,26-27,30H2,1-2H3,(H,53,54)(H,56,60)/t31?,41-,42+,50?/m1/s1. The van der Waals surface area contributed by atoms with Crippen molar-refractivity contribution in [1.82, 2.24) is 19.6 Å². The summed E-state index contributed by atoms with van der Waals surface area (Å²) in [6.45, 7) is 7.06. The molecule has 6 aliphatic rings. The van der Waals surface area contributed by atoms with E-state index in [1.54, 1.807) is 19.1 Å². The molecule has 2 atom stereocenters. The fourth-order valence-corrected chi connectivity index (χ4v) is 13.0. The molecule has 4 N–H and O–H groups in total. The van der Waals surface area contributed by atoms with E-state index in [-0.39, 0.29) is 57.9 Å². The van der Waals surface area contributed by atoms with E-state index in [1.807, 2.05) is 0 Å². The Kier molecular flexibility index (Phi) is 11.0. The number of sulfonamides is 1. The number of carbonyl (C=O) groups excluding carboxylic acids is 1.